The van der Waals surface area contributed by atoms with Gasteiger partial charge in [-0.2, -0.15) is 0 Å². The van der Waals surface area contributed by atoms with Crippen LogP contribution in [0.1, 0.15) is 37.7 Å². The molecule has 148 valence electrons. The predicted molar refractivity (Wildman–Crippen MR) is 117 cm³/mol. The Morgan fingerprint density at radius 1 is 1.00 bits per heavy atom. The van der Waals surface area contributed by atoms with Crippen LogP contribution < -0.4 is 4.74 Å². The van der Waals surface area contributed by atoms with E-state index in [1.54, 1.807) is 11.8 Å². The van der Waals surface area contributed by atoms with Gasteiger partial charge >= 0.3 is 0 Å². The first-order valence-corrected chi connectivity index (χ1v) is 10.7. The van der Waals surface area contributed by atoms with E-state index in [1.165, 1.54) is 5.56 Å². The first-order chi connectivity index (χ1) is 13.3. The highest BCUT2D eigenvalue weighted by molar-refractivity contribution is 7.98. The molecule has 0 amide bonds. The number of nitrogens with zero attached hydrogens (tertiary/aromatic N) is 3. The zero-order valence-corrected chi connectivity index (χ0v) is 18.7. The molecule has 7 heteroatoms. The Bertz CT molecular complexity index is 929. The highest BCUT2D eigenvalue weighted by atomic mass is 35.5. The van der Waals surface area contributed by atoms with E-state index in [1.807, 2.05) is 41.9 Å². The average Bonchev–Trinajstić information content (AvgIpc) is 2.99. The van der Waals surface area contributed by atoms with E-state index in [9.17, 15) is 0 Å². The minimum absolute atomic E-state index is 0.124. The van der Waals surface area contributed by atoms with Gasteiger partial charge in [-0.05, 0) is 40.8 Å². The zero-order chi connectivity index (χ0) is 20.3. The van der Waals surface area contributed by atoms with Crippen LogP contribution in [0.2, 0.25) is 10.0 Å². The highest BCUT2D eigenvalue weighted by Gasteiger charge is 2.14. The Morgan fingerprint density at radius 2 is 1.64 bits per heavy atom. The van der Waals surface area contributed by atoms with Crippen LogP contribution >= 0.6 is 35.0 Å². The molecule has 1 aromatic heterocycles. The van der Waals surface area contributed by atoms with E-state index in [0.717, 1.165) is 22.3 Å². The van der Waals surface area contributed by atoms with Crippen LogP contribution in [-0.4, -0.2) is 14.8 Å². The van der Waals surface area contributed by atoms with Gasteiger partial charge in [0.25, 0.3) is 0 Å². The third kappa shape index (κ3) is 5.02. The van der Waals surface area contributed by atoms with Crippen molar-refractivity contribution < 1.29 is 4.74 Å². The summed E-state index contributed by atoms with van der Waals surface area (Å²) in [6.07, 6.45) is 0. The number of aromatic nitrogens is 3. The fourth-order valence-corrected chi connectivity index (χ4v) is 4.27. The topological polar surface area (TPSA) is 39.9 Å². The summed E-state index contributed by atoms with van der Waals surface area (Å²) in [5.41, 5.74) is 2.30. The summed E-state index contributed by atoms with van der Waals surface area (Å²) >= 11 is 14.0. The molecular weight excluding hydrogens is 413 g/mol. The van der Waals surface area contributed by atoms with Gasteiger partial charge in [-0.25, -0.2) is 0 Å². The largest absolute Gasteiger partial charge is 0.486 e. The van der Waals surface area contributed by atoms with E-state index in [0.29, 0.717) is 22.4 Å². The van der Waals surface area contributed by atoms with Gasteiger partial charge < -0.3 is 9.30 Å². The maximum Gasteiger partial charge on any atom is 0.191 e. The van der Waals surface area contributed by atoms with Gasteiger partial charge in [-0.15, -0.1) is 10.2 Å². The van der Waals surface area contributed by atoms with Gasteiger partial charge in [0.15, 0.2) is 11.0 Å². The summed E-state index contributed by atoms with van der Waals surface area (Å²) in [5.74, 6) is 2.19. The summed E-state index contributed by atoms with van der Waals surface area (Å²) < 4.78 is 7.81. The van der Waals surface area contributed by atoms with Crippen molar-refractivity contribution in [3.05, 3.63) is 69.5 Å². The number of ether oxygens (including phenoxy) is 1. The molecule has 0 unspecified atom stereocenters. The monoisotopic (exact) mass is 435 g/mol. The fourth-order valence-electron chi connectivity index (χ4n) is 2.60. The summed E-state index contributed by atoms with van der Waals surface area (Å²) in [6.45, 7) is 6.93. The van der Waals surface area contributed by atoms with Gasteiger partial charge in [0, 0.05) is 22.8 Å². The number of thioether (sulfide) groups is 1. The normalized spacial score (nSPS) is 11.6. The number of hydrogen-bond acceptors (Lipinski definition) is 4. The molecular formula is C21H23Cl2N3OS. The third-order valence-corrected chi connectivity index (χ3v) is 6.18. The quantitative estimate of drug-likeness (QED) is 0.426. The van der Waals surface area contributed by atoms with Crippen LogP contribution in [0.5, 0.6) is 5.75 Å². The third-order valence-electron chi connectivity index (χ3n) is 4.42. The molecule has 0 saturated heterocycles. The van der Waals surface area contributed by atoms with Crippen molar-refractivity contribution in [1.82, 2.24) is 14.8 Å². The van der Waals surface area contributed by atoms with E-state index >= 15 is 0 Å². The van der Waals surface area contributed by atoms with Gasteiger partial charge in [-0.1, -0.05) is 73.9 Å². The Morgan fingerprint density at radius 3 is 2.25 bits per heavy atom. The summed E-state index contributed by atoms with van der Waals surface area (Å²) in [4.78, 5) is 0. The van der Waals surface area contributed by atoms with Crippen molar-refractivity contribution in [3.63, 3.8) is 0 Å². The predicted octanol–water partition coefficient (Wildman–Crippen LogP) is 6.29. The summed E-state index contributed by atoms with van der Waals surface area (Å²) in [7, 11) is 1.93. The number of hydrogen-bond donors (Lipinski definition) is 0. The molecule has 2 aromatic carbocycles. The van der Waals surface area contributed by atoms with Gasteiger partial charge in [0.1, 0.15) is 12.4 Å². The molecule has 1 heterocycles. The van der Waals surface area contributed by atoms with E-state index in [2.05, 4.69) is 43.1 Å². The van der Waals surface area contributed by atoms with Crippen LogP contribution in [0, 0.1) is 0 Å². The van der Waals surface area contributed by atoms with Gasteiger partial charge in [0.2, 0.25) is 0 Å². The molecule has 0 atom stereocenters. The molecule has 0 fully saturated rings. The smallest absolute Gasteiger partial charge is 0.191 e. The van der Waals surface area contributed by atoms with Crippen LogP contribution in [0.3, 0.4) is 0 Å². The molecule has 0 N–H and O–H groups in total. The lowest BCUT2D eigenvalue weighted by atomic mass is 9.87. The first-order valence-electron chi connectivity index (χ1n) is 8.93. The SMILES string of the molecule is Cn1c(COc2ccc(C(C)(C)C)cc2)nnc1SCc1c(Cl)cccc1Cl. The van der Waals surface area contributed by atoms with Crippen LogP contribution in [0.15, 0.2) is 47.6 Å². The molecule has 0 radical (unpaired) electrons. The van der Waals surface area contributed by atoms with E-state index in [-0.39, 0.29) is 5.41 Å². The molecule has 0 bridgehead atoms. The molecule has 0 saturated carbocycles. The molecule has 3 aromatic rings. The highest BCUT2D eigenvalue weighted by Crippen LogP contribution is 2.31. The standard InChI is InChI=1S/C21H23Cl2N3OS/c1-21(2,3)14-8-10-15(11-9-14)27-12-19-24-25-20(26(19)4)28-13-16-17(22)6-5-7-18(16)23/h5-11H,12-13H2,1-4H3. The Balaban J connectivity index is 1.62. The minimum Gasteiger partial charge on any atom is -0.486 e. The fraction of sp³-hybridized carbons (Fsp3) is 0.333. The molecule has 28 heavy (non-hydrogen) atoms. The first kappa shape index (κ1) is 21.0. The van der Waals surface area contributed by atoms with Crippen molar-refractivity contribution in [2.24, 2.45) is 7.05 Å². The van der Waals surface area contributed by atoms with Gasteiger partial charge in [-0.3, -0.25) is 0 Å². The van der Waals surface area contributed by atoms with Crippen LogP contribution in [-0.2, 0) is 24.8 Å². The minimum atomic E-state index is 0.124. The molecule has 0 aliphatic rings. The molecule has 0 aliphatic carbocycles. The molecule has 0 aliphatic heterocycles. The molecule has 0 spiro atoms. The average molecular weight is 436 g/mol. The Hall–Kier alpha value is -1.69. The second-order valence-electron chi connectivity index (χ2n) is 7.51. The lowest BCUT2D eigenvalue weighted by Gasteiger charge is -2.19. The number of benzene rings is 2. The maximum absolute atomic E-state index is 6.24. The lowest BCUT2D eigenvalue weighted by molar-refractivity contribution is 0.290. The molecule has 4 nitrogen and oxygen atoms in total. The molecule has 3 rings (SSSR count). The Labute approximate surface area is 180 Å². The van der Waals surface area contributed by atoms with Crippen molar-refractivity contribution in [1.29, 1.82) is 0 Å². The number of rotatable bonds is 6. The number of halogens is 2. The van der Waals surface area contributed by atoms with Crippen LogP contribution in [0.25, 0.3) is 0 Å². The zero-order valence-electron chi connectivity index (χ0n) is 16.4. The van der Waals surface area contributed by atoms with Crippen molar-refractivity contribution in [3.8, 4) is 5.75 Å². The summed E-state index contributed by atoms with van der Waals surface area (Å²) in [6, 6.07) is 13.7. The second kappa shape index (κ2) is 8.76. The lowest BCUT2D eigenvalue weighted by Crippen LogP contribution is -2.10. The maximum atomic E-state index is 6.24. The van der Waals surface area contributed by atoms with Crippen molar-refractivity contribution >= 4 is 35.0 Å². The van der Waals surface area contributed by atoms with E-state index in [4.69, 9.17) is 27.9 Å². The van der Waals surface area contributed by atoms with Crippen molar-refractivity contribution in [2.75, 3.05) is 0 Å². The van der Waals surface area contributed by atoms with E-state index < -0.39 is 0 Å². The Kier molecular flexibility index (Phi) is 6.58. The van der Waals surface area contributed by atoms with Crippen LogP contribution in [0.4, 0.5) is 0 Å². The van der Waals surface area contributed by atoms with Gasteiger partial charge in [0.05, 0.1) is 0 Å². The van der Waals surface area contributed by atoms with Crippen molar-refractivity contribution in [2.45, 2.75) is 43.7 Å². The summed E-state index contributed by atoms with van der Waals surface area (Å²) in [5, 5.41) is 10.6. The second-order valence-corrected chi connectivity index (χ2v) is 9.27.